The minimum atomic E-state index is -1.01. The van der Waals surface area contributed by atoms with Gasteiger partial charge in [-0.2, -0.15) is 0 Å². The molecule has 0 radical (unpaired) electrons. The number of nitrogens with zero attached hydrogens (tertiary/aromatic N) is 1. The fourth-order valence-corrected chi connectivity index (χ4v) is 2.48. The van der Waals surface area contributed by atoms with Gasteiger partial charge in [-0.3, -0.25) is 9.69 Å². The molecule has 2 rings (SSSR count). The predicted octanol–water partition coefficient (Wildman–Crippen LogP) is 0.568. The summed E-state index contributed by atoms with van der Waals surface area (Å²) in [4.78, 5) is 14.0. The van der Waals surface area contributed by atoms with Crippen molar-refractivity contribution in [3.8, 4) is 0 Å². The lowest BCUT2D eigenvalue weighted by atomic mass is 10.1. The van der Waals surface area contributed by atoms with Gasteiger partial charge in [0.15, 0.2) is 0 Å². The average Bonchev–Trinajstić information content (AvgIpc) is 2.46. The maximum absolute atomic E-state index is 13.1. The van der Waals surface area contributed by atoms with Crippen LogP contribution in [0.4, 0.5) is 4.39 Å². The van der Waals surface area contributed by atoms with E-state index in [4.69, 9.17) is 4.74 Å². The summed E-state index contributed by atoms with van der Waals surface area (Å²) in [6, 6.07) is 5.96. The molecule has 1 aromatic carbocycles. The number of ether oxygens (including phenoxy) is 1. The van der Waals surface area contributed by atoms with Gasteiger partial charge in [0.05, 0.1) is 25.2 Å². The molecule has 1 atom stereocenters. The lowest BCUT2D eigenvalue weighted by molar-refractivity contribution is -0.121. The Morgan fingerprint density at radius 2 is 2.18 bits per heavy atom. The smallest absolute Gasteiger partial charge is 0.224 e. The molecule has 1 amide bonds. The summed E-state index contributed by atoms with van der Waals surface area (Å²) in [5.41, 5.74) is -0.389. The Balaban J connectivity index is 1.76. The highest BCUT2D eigenvalue weighted by molar-refractivity contribution is 5.78. The van der Waals surface area contributed by atoms with Gasteiger partial charge in [0.1, 0.15) is 5.82 Å². The van der Waals surface area contributed by atoms with Crippen molar-refractivity contribution in [2.24, 2.45) is 0 Å². The third-order valence-corrected chi connectivity index (χ3v) is 3.59. The molecule has 1 aliphatic rings. The molecule has 1 saturated heterocycles. The molecule has 1 aromatic rings. The van der Waals surface area contributed by atoms with E-state index in [1.165, 1.54) is 12.1 Å². The zero-order valence-electron chi connectivity index (χ0n) is 12.8. The molecular formula is C16H23FN2O3. The van der Waals surface area contributed by atoms with Crippen molar-refractivity contribution in [2.75, 3.05) is 39.4 Å². The van der Waals surface area contributed by atoms with Gasteiger partial charge in [0.25, 0.3) is 0 Å². The number of β-amino-alcohol motifs (C(OH)–C–C–N with tert-alkyl or cyclic N) is 1. The Bertz CT molecular complexity index is 502. The molecule has 0 aliphatic carbocycles. The fourth-order valence-electron chi connectivity index (χ4n) is 2.48. The van der Waals surface area contributed by atoms with E-state index < -0.39 is 5.60 Å². The molecule has 1 fully saturated rings. The third kappa shape index (κ3) is 5.71. The highest BCUT2D eigenvalue weighted by Gasteiger charge is 2.25. The quantitative estimate of drug-likeness (QED) is 0.806. The van der Waals surface area contributed by atoms with Crippen molar-refractivity contribution < 1.29 is 19.0 Å². The molecule has 22 heavy (non-hydrogen) atoms. The monoisotopic (exact) mass is 310 g/mol. The van der Waals surface area contributed by atoms with E-state index in [1.807, 2.05) is 0 Å². The number of aliphatic hydroxyl groups is 1. The van der Waals surface area contributed by atoms with E-state index in [0.717, 1.165) is 13.1 Å². The molecule has 122 valence electrons. The summed E-state index contributed by atoms with van der Waals surface area (Å²) in [6.07, 6.45) is 0.103. The Labute approximate surface area is 130 Å². The largest absolute Gasteiger partial charge is 0.387 e. The van der Waals surface area contributed by atoms with Crippen LogP contribution in [0.3, 0.4) is 0 Å². The Morgan fingerprint density at radius 3 is 2.86 bits per heavy atom. The number of nitrogens with one attached hydrogen (secondary N) is 1. The number of morpholine rings is 1. The molecule has 0 saturated carbocycles. The summed E-state index contributed by atoms with van der Waals surface area (Å²) in [7, 11) is 0. The van der Waals surface area contributed by atoms with Gasteiger partial charge in [-0.25, -0.2) is 4.39 Å². The van der Waals surface area contributed by atoms with E-state index in [9.17, 15) is 14.3 Å². The second kappa shape index (κ2) is 7.67. The van der Waals surface area contributed by atoms with Crippen molar-refractivity contribution in [3.05, 3.63) is 35.6 Å². The van der Waals surface area contributed by atoms with E-state index in [2.05, 4.69) is 10.2 Å². The Hall–Kier alpha value is -1.50. The first-order valence-corrected chi connectivity index (χ1v) is 7.48. The number of hydrogen-bond acceptors (Lipinski definition) is 4. The summed E-state index contributed by atoms with van der Waals surface area (Å²) in [5, 5.41) is 13.1. The molecule has 1 heterocycles. The van der Waals surface area contributed by atoms with E-state index in [1.54, 1.807) is 19.1 Å². The van der Waals surface area contributed by atoms with Crippen LogP contribution in [0.15, 0.2) is 24.3 Å². The molecule has 0 aromatic heterocycles. The predicted molar refractivity (Wildman–Crippen MR) is 81.0 cm³/mol. The molecule has 1 unspecified atom stereocenters. The fraction of sp³-hybridized carbons (Fsp3) is 0.562. The summed E-state index contributed by atoms with van der Waals surface area (Å²) >= 11 is 0. The number of carbonyl (C=O) groups is 1. The molecule has 1 aliphatic heterocycles. The van der Waals surface area contributed by atoms with Gasteiger partial charge in [-0.15, -0.1) is 0 Å². The second-order valence-electron chi connectivity index (χ2n) is 5.97. The van der Waals surface area contributed by atoms with Crippen LogP contribution in [0.5, 0.6) is 0 Å². The normalized spacial score (nSPS) is 18.7. The first-order valence-electron chi connectivity index (χ1n) is 7.48. The van der Waals surface area contributed by atoms with Crippen molar-refractivity contribution in [1.29, 1.82) is 0 Å². The first kappa shape index (κ1) is 16.9. The van der Waals surface area contributed by atoms with Gasteiger partial charge in [0.2, 0.25) is 5.91 Å². The number of hydrogen-bond donors (Lipinski definition) is 2. The number of rotatable bonds is 6. The van der Waals surface area contributed by atoms with Crippen molar-refractivity contribution >= 4 is 5.91 Å². The SMILES string of the molecule is CC(O)(CNC(=O)Cc1cccc(F)c1)CN1CCOCC1. The van der Waals surface area contributed by atoms with Gasteiger partial charge in [-0.1, -0.05) is 12.1 Å². The van der Waals surface area contributed by atoms with Crippen LogP contribution in [-0.4, -0.2) is 60.9 Å². The average molecular weight is 310 g/mol. The standard InChI is InChI=1S/C16H23FN2O3/c1-16(21,12-19-5-7-22-8-6-19)11-18-15(20)10-13-3-2-4-14(17)9-13/h2-4,9,21H,5-8,10-12H2,1H3,(H,18,20). The zero-order valence-corrected chi connectivity index (χ0v) is 12.8. The van der Waals surface area contributed by atoms with Crippen LogP contribution in [0, 0.1) is 5.82 Å². The number of benzene rings is 1. The van der Waals surface area contributed by atoms with Crippen molar-refractivity contribution in [3.63, 3.8) is 0 Å². The lowest BCUT2D eigenvalue weighted by Gasteiger charge is -2.33. The second-order valence-corrected chi connectivity index (χ2v) is 5.97. The first-order chi connectivity index (χ1) is 10.4. The van der Waals surface area contributed by atoms with Crippen LogP contribution in [0.1, 0.15) is 12.5 Å². The van der Waals surface area contributed by atoms with Gasteiger partial charge in [0, 0.05) is 26.2 Å². The van der Waals surface area contributed by atoms with Crippen molar-refractivity contribution in [2.45, 2.75) is 18.9 Å². The number of halogens is 1. The number of carbonyl (C=O) groups excluding carboxylic acids is 1. The highest BCUT2D eigenvalue weighted by Crippen LogP contribution is 2.08. The number of amides is 1. The molecule has 5 nitrogen and oxygen atoms in total. The summed E-state index contributed by atoms with van der Waals surface area (Å²) in [6.45, 7) is 5.25. The van der Waals surface area contributed by atoms with E-state index in [0.29, 0.717) is 25.3 Å². The molecule has 6 heteroatoms. The van der Waals surface area contributed by atoms with Gasteiger partial charge < -0.3 is 15.2 Å². The maximum atomic E-state index is 13.1. The van der Waals surface area contributed by atoms with Crippen LogP contribution >= 0.6 is 0 Å². The zero-order chi connectivity index (χ0) is 16.0. The van der Waals surface area contributed by atoms with E-state index >= 15 is 0 Å². The Morgan fingerprint density at radius 1 is 1.45 bits per heavy atom. The van der Waals surface area contributed by atoms with Gasteiger partial charge in [-0.05, 0) is 24.6 Å². The molecule has 0 bridgehead atoms. The topological polar surface area (TPSA) is 61.8 Å². The third-order valence-electron chi connectivity index (χ3n) is 3.59. The Kier molecular flexibility index (Phi) is 5.88. The summed E-state index contributed by atoms with van der Waals surface area (Å²) in [5.74, 6) is -0.586. The maximum Gasteiger partial charge on any atom is 0.224 e. The van der Waals surface area contributed by atoms with Crippen LogP contribution in [0.2, 0.25) is 0 Å². The minimum Gasteiger partial charge on any atom is -0.387 e. The van der Waals surface area contributed by atoms with Crippen LogP contribution in [0.25, 0.3) is 0 Å². The van der Waals surface area contributed by atoms with E-state index in [-0.39, 0.29) is 24.7 Å². The lowest BCUT2D eigenvalue weighted by Crippen LogP contribution is -2.51. The highest BCUT2D eigenvalue weighted by atomic mass is 19.1. The van der Waals surface area contributed by atoms with Crippen LogP contribution < -0.4 is 5.32 Å². The van der Waals surface area contributed by atoms with Gasteiger partial charge >= 0.3 is 0 Å². The van der Waals surface area contributed by atoms with Crippen molar-refractivity contribution in [1.82, 2.24) is 10.2 Å². The molecular weight excluding hydrogens is 287 g/mol. The molecule has 2 N–H and O–H groups in total. The van der Waals surface area contributed by atoms with Crippen LogP contribution in [-0.2, 0) is 16.0 Å². The molecule has 0 spiro atoms. The summed E-state index contributed by atoms with van der Waals surface area (Å²) < 4.78 is 18.3. The minimum absolute atomic E-state index is 0.103.